The zero-order valence-corrected chi connectivity index (χ0v) is 11.4. The number of hydrogen-bond acceptors (Lipinski definition) is 4. The number of benzene rings is 1. The third-order valence-electron chi connectivity index (χ3n) is 2.52. The maximum atomic E-state index is 13.4. The lowest BCUT2D eigenvalue weighted by Crippen LogP contribution is -2.26. The average Bonchev–Trinajstić information content (AvgIpc) is 2.74. The topological polar surface area (TPSA) is 72.2 Å². The minimum Gasteiger partial charge on any atom is -0.361 e. The first-order chi connectivity index (χ1) is 9.38. The molecule has 0 bridgehead atoms. The Morgan fingerprint density at radius 2 is 2.05 bits per heavy atom. The van der Waals surface area contributed by atoms with Crippen LogP contribution in [0.5, 0.6) is 0 Å². The first-order valence-corrected chi connectivity index (χ1v) is 7.24. The van der Waals surface area contributed by atoms with Crippen LogP contribution >= 0.6 is 0 Å². The number of nitrogens with zero attached hydrogens (tertiary/aromatic N) is 1. The molecular formula is C12H12F2N2O3S. The largest absolute Gasteiger partial charge is 0.361 e. The van der Waals surface area contributed by atoms with Crippen LogP contribution in [0.25, 0.3) is 0 Å². The highest BCUT2D eigenvalue weighted by Crippen LogP contribution is 2.15. The summed E-state index contributed by atoms with van der Waals surface area (Å²) < 4.78 is 57.0. The lowest BCUT2D eigenvalue weighted by Gasteiger charge is -2.06. The SMILES string of the molecule is Cc1cc(CCNS(=O)(=O)c2ccc(F)cc2F)on1. The predicted molar refractivity (Wildman–Crippen MR) is 66.5 cm³/mol. The van der Waals surface area contributed by atoms with Crippen molar-refractivity contribution in [2.75, 3.05) is 6.54 Å². The van der Waals surface area contributed by atoms with Gasteiger partial charge in [-0.3, -0.25) is 0 Å². The maximum Gasteiger partial charge on any atom is 0.243 e. The minimum atomic E-state index is -4.02. The molecule has 8 heteroatoms. The molecule has 0 aliphatic rings. The van der Waals surface area contributed by atoms with Crippen LogP contribution in [0.4, 0.5) is 8.78 Å². The highest BCUT2D eigenvalue weighted by molar-refractivity contribution is 7.89. The molecule has 1 aromatic carbocycles. The van der Waals surface area contributed by atoms with Crippen molar-refractivity contribution < 1.29 is 21.7 Å². The van der Waals surface area contributed by atoms with E-state index in [2.05, 4.69) is 9.88 Å². The number of hydrogen-bond donors (Lipinski definition) is 1. The van der Waals surface area contributed by atoms with Gasteiger partial charge in [-0.1, -0.05) is 5.16 Å². The molecule has 0 amide bonds. The Balaban J connectivity index is 2.04. The van der Waals surface area contributed by atoms with Crippen LogP contribution in [-0.2, 0) is 16.4 Å². The molecule has 5 nitrogen and oxygen atoms in total. The Bertz CT molecular complexity index is 713. The molecule has 0 saturated heterocycles. The lowest BCUT2D eigenvalue weighted by molar-refractivity contribution is 0.379. The summed E-state index contributed by atoms with van der Waals surface area (Å²) in [6.07, 6.45) is 0.281. The van der Waals surface area contributed by atoms with Crippen LogP contribution in [0.15, 0.2) is 33.7 Å². The van der Waals surface area contributed by atoms with Crippen molar-refractivity contribution in [1.29, 1.82) is 0 Å². The summed E-state index contributed by atoms with van der Waals surface area (Å²) in [4.78, 5) is -0.590. The summed E-state index contributed by atoms with van der Waals surface area (Å²) in [6.45, 7) is 1.76. The molecule has 20 heavy (non-hydrogen) atoms. The van der Waals surface area contributed by atoms with Crippen molar-refractivity contribution in [3.63, 3.8) is 0 Å². The van der Waals surface area contributed by atoms with Crippen LogP contribution in [0.3, 0.4) is 0 Å². The molecule has 2 aromatic rings. The molecule has 1 aromatic heterocycles. The Morgan fingerprint density at radius 1 is 1.30 bits per heavy atom. The highest BCUT2D eigenvalue weighted by Gasteiger charge is 2.19. The predicted octanol–water partition coefficient (Wildman–Crippen LogP) is 1.78. The summed E-state index contributed by atoms with van der Waals surface area (Å²) in [7, 11) is -4.02. The van der Waals surface area contributed by atoms with Crippen molar-refractivity contribution in [2.24, 2.45) is 0 Å². The van der Waals surface area contributed by atoms with Gasteiger partial charge in [-0.2, -0.15) is 0 Å². The third-order valence-corrected chi connectivity index (χ3v) is 4.02. The molecule has 0 aliphatic carbocycles. The molecule has 0 aliphatic heterocycles. The fourth-order valence-electron chi connectivity index (χ4n) is 1.61. The Labute approximate surface area is 114 Å². The molecule has 0 radical (unpaired) electrons. The summed E-state index contributed by atoms with van der Waals surface area (Å²) in [5.41, 5.74) is 0.687. The van der Waals surface area contributed by atoms with Gasteiger partial charge < -0.3 is 4.52 Å². The van der Waals surface area contributed by atoms with E-state index in [0.717, 1.165) is 12.1 Å². The average molecular weight is 302 g/mol. The number of rotatable bonds is 5. The van der Waals surface area contributed by atoms with Gasteiger partial charge in [0.15, 0.2) is 0 Å². The maximum absolute atomic E-state index is 13.4. The molecule has 0 atom stereocenters. The van der Waals surface area contributed by atoms with Gasteiger partial charge in [0.1, 0.15) is 22.3 Å². The van der Waals surface area contributed by atoms with Crippen molar-refractivity contribution >= 4 is 10.0 Å². The second kappa shape index (κ2) is 5.68. The monoisotopic (exact) mass is 302 g/mol. The molecule has 1 N–H and O–H groups in total. The fourth-order valence-corrected chi connectivity index (χ4v) is 2.70. The quantitative estimate of drug-likeness (QED) is 0.914. The van der Waals surface area contributed by atoms with Crippen molar-refractivity contribution in [3.05, 3.63) is 47.4 Å². The van der Waals surface area contributed by atoms with E-state index in [1.807, 2.05) is 0 Å². The van der Waals surface area contributed by atoms with Crippen LogP contribution < -0.4 is 4.72 Å². The number of sulfonamides is 1. The van der Waals surface area contributed by atoms with Crippen LogP contribution in [-0.4, -0.2) is 20.1 Å². The smallest absolute Gasteiger partial charge is 0.243 e. The van der Waals surface area contributed by atoms with Gasteiger partial charge >= 0.3 is 0 Å². The van der Waals surface area contributed by atoms with Crippen molar-refractivity contribution in [2.45, 2.75) is 18.2 Å². The summed E-state index contributed by atoms with van der Waals surface area (Å²) >= 11 is 0. The Kier molecular flexibility index (Phi) is 4.15. The summed E-state index contributed by atoms with van der Waals surface area (Å²) in [6, 6.07) is 3.96. The van der Waals surface area contributed by atoms with Gasteiger partial charge in [0, 0.05) is 25.1 Å². The first kappa shape index (κ1) is 14.6. The zero-order chi connectivity index (χ0) is 14.8. The van der Waals surface area contributed by atoms with Gasteiger partial charge in [-0.15, -0.1) is 0 Å². The second-order valence-corrected chi connectivity index (χ2v) is 5.89. The van der Waals surface area contributed by atoms with E-state index in [1.165, 1.54) is 0 Å². The van der Waals surface area contributed by atoms with E-state index in [9.17, 15) is 17.2 Å². The number of aromatic nitrogens is 1. The summed E-state index contributed by atoms with van der Waals surface area (Å²) in [5.74, 6) is -1.45. The van der Waals surface area contributed by atoms with Gasteiger partial charge in [-0.05, 0) is 19.1 Å². The minimum absolute atomic E-state index is 0.0216. The molecule has 0 fully saturated rings. The van der Waals surface area contributed by atoms with Crippen molar-refractivity contribution in [1.82, 2.24) is 9.88 Å². The first-order valence-electron chi connectivity index (χ1n) is 5.75. The van der Waals surface area contributed by atoms with E-state index in [-0.39, 0.29) is 13.0 Å². The number of halogens is 2. The van der Waals surface area contributed by atoms with E-state index in [0.29, 0.717) is 17.5 Å². The zero-order valence-electron chi connectivity index (χ0n) is 10.6. The molecule has 0 unspecified atom stereocenters. The lowest BCUT2D eigenvalue weighted by atomic mass is 10.3. The normalized spacial score (nSPS) is 11.8. The molecule has 108 valence electrons. The molecule has 0 saturated carbocycles. The number of aryl methyl sites for hydroxylation is 1. The Morgan fingerprint density at radius 3 is 2.65 bits per heavy atom. The van der Waals surface area contributed by atoms with Gasteiger partial charge in [0.25, 0.3) is 0 Å². The van der Waals surface area contributed by atoms with Gasteiger partial charge in [0.05, 0.1) is 5.69 Å². The molecule has 2 rings (SSSR count). The Hall–Kier alpha value is -1.80. The highest BCUT2D eigenvalue weighted by atomic mass is 32.2. The molecule has 0 spiro atoms. The number of nitrogens with one attached hydrogen (secondary N) is 1. The van der Waals surface area contributed by atoms with Crippen LogP contribution in [0.1, 0.15) is 11.5 Å². The van der Waals surface area contributed by atoms with E-state index >= 15 is 0 Å². The fraction of sp³-hybridized carbons (Fsp3) is 0.250. The molecular weight excluding hydrogens is 290 g/mol. The standard InChI is InChI=1S/C12H12F2N2O3S/c1-8-6-10(19-16-8)4-5-15-20(17,18)12-3-2-9(13)7-11(12)14/h2-3,6-7,15H,4-5H2,1H3. The van der Waals surface area contributed by atoms with Crippen molar-refractivity contribution in [3.8, 4) is 0 Å². The van der Waals surface area contributed by atoms with E-state index in [1.54, 1.807) is 13.0 Å². The van der Waals surface area contributed by atoms with Crippen LogP contribution in [0, 0.1) is 18.6 Å². The molecule has 1 heterocycles. The second-order valence-electron chi connectivity index (χ2n) is 4.16. The van der Waals surface area contributed by atoms with E-state index in [4.69, 9.17) is 4.52 Å². The van der Waals surface area contributed by atoms with E-state index < -0.39 is 26.6 Å². The van der Waals surface area contributed by atoms with Crippen LogP contribution in [0.2, 0.25) is 0 Å². The van der Waals surface area contributed by atoms with Gasteiger partial charge in [-0.25, -0.2) is 21.9 Å². The third kappa shape index (κ3) is 3.40. The van der Waals surface area contributed by atoms with Gasteiger partial charge in [0.2, 0.25) is 10.0 Å². The summed E-state index contributed by atoms with van der Waals surface area (Å²) in [5, 5.41) is 3.66.